The van der Waals surface area contributed by atoms with Gasteiger partial charge in [-0.1, -0.05) is 11.6 Å². The van der Waals surface area contributed by atoms with Crippen LogP contribution >= 0.6 is 11.6 Å². The molecule has 3 aromatic heterocycles. The van der Waals surface area contributed by atoms with Gasteiger partial charge >= 0.3 is 6.03 Å². The maximum atomic E-state index is 12.7. The number of nitriles is 1. The van der Waals surface area contributed by atoms with Crippen molar-refractivity contribution in [2.24, 2.45) is 24.0 Å². The van der Waals surface area contributed by atoms with E-state index in [-0.39, 0.29) is 34.5 Å². The van der Waals surface area contributed by atoms with Gasteiger partial charge in [0.05, 0.1) is 46.9 Å². The van der Waals surface area contributed by atoms with Crippen molar-refractivity contribution >= 4 is 34.6 Å². The molecule has 1 aromatic carbocycles. The third kappa shape index (κ3) is 4.22. The van der Waals surface area contributed by atoms with Crippen LogP contribution in [0.3, 0.4) is 0 Å². The minimum absolute atomic E-state index is 0.0237. The van der Waals surface area contributed by atoms with Crippen molar-refractivity contribution in [1.82, 2.24) is 39.7 Å². The summed E-state index contributed by atoms with van der Waals surface area (Å²) >= 11 is 7.17. The van der Waals surface area contributed by atoms with Gasteiger partial charge in [-0.2, -0.15) is 20.6 Å². The molecular formula is C30H32ClN11O. The monoisotopic (exact) mass is 597 g/mol. The topological polar surface area (TPSA) is 164 Å². The summed E-state index contributed by atoms with van der Waals surface area (Å²) < 4.78 is 4.03. The van der Waals surface area contributed by atoms with Gasteiger partial charge in [0.1, 0.15) is 11.8 Å². The quantitative estimate of drug-likeness (QED) is 0.106. The number of aromatic nitrogens is 6. The highest BCUT2D eigenvalue weighted by Gasteiger charge is 2.55. The highest BCUT2D eigenvalue weighted by atomic mass is 35.5. The minimum atomic E-state index is -0.372. The highest BCUT2D eigenvalue weighted by Crippen LogP contribution is 2.55. The zero-order valence-corrected chi connectivity index (χ0v) is 24.9. The average Bonchev–Trinajstić information content (AvgIpc) is 3.65. The summed E-state index contributed by atoms with van der Waals surface area (Å²) in [6, 6.07) is 7.92. The van der Waals surface area contributed by atoms with Crippen LogP contribution in [0.5, 0.6) is 0 Å². The molecule has 12 nitrogen and oxygen atoms in total. The number of likely N-dealkylation sites (tertiary alicyclic amines) is 1. The second kappa shape index (κ2) is 9.72. The van der Waals surface area contributed by atoms with E-state index < -0.39 is 0 Å². The number of allylic oxidation sites excluding steroid dienone is 2. The molecular weight excluding hydrogens is 566 g/mol. The molecule has 1 saturated heterocycles. The predicted octanol–water partition coefficient (Wildman–Crippen LogP) is 3.88. The van der Waals surface area contributed by atoms with Crippen molar-refractivity contribution in [3.05, 3.63) is 70.6 Å². The molecule has 0 radical (unpaired) electrons. The Kier molecular flexibility index (Phi) is 6.16. The van der Waals surface area contributed by atoms with Gasteiger partial charge in [-0.05, 0) is 44.9 Å². The van der Waals surface area contributed by atoms with Crippen molar-refractivity contribution < 1.29 is 4.79 Å². The number of nitrogens with zero attached hydrogens (tertiary/aromatic N) is 8. The molecule has 2 fully saturated rings. The second-order valence-corrected chi connectivity index (χ2v) is 12.6. The lowest BCUT2D eigenvalue weighted by atomic mass is 9.60. The number of carbonyl (C=O) groups excluding carboxylic acids is 1. The van der Waals surface area contributed by atoms with Crippen LogP contribution in [-0.4, -0.2) is 64.2 Å². The second-order valence-electron chi connectivity index (χ2n) is 12.1. The molecule has 0 bridgehead atoms. The Morgan fingerprint density at radius 3 is 2.79 bits per heavy atom. The Morgan fingerprint density at radius 2 is 2.05 bits per heavy atom. The number of amides is 2. The number of hydrazine groups is 1. The van der Waals surface area contributed by atoms with E-state index in [0.717, 1.165) is 74.3 Å². The van der Waals surface area contributed by atoms with E-state index in [9.17, 15) is 4.79 Å². The lowest BCUT2D eigenvalue weighted by molar-refractivity contribution is -0.0727. The van der Waals surface area contributed by atoms with E-state index in [2.05, 4.69) is 58.1 Å². The van der Waals surface area contributed by atoms with Crippen molar-refractivity contribution in [1.29, 1.82) is 5.26 Å². The summed E-state index contributed by atoms with van der Waals surface area (Å²) in [6.45, 7) is 5.39. The van der Waals surface area contributed by atoms with Crippen LogP contribution in [0.2, 0.25) is 0 Å². The van der Waals surface area contributed by atoms with Crippen LogP contribution < -0.4 is 11.6 Å². The van der Waals surface area contributed by atoms with E-state index in [0.29, 0.717) is 13.1 Å². The molecule has 4 aromatic rings. The van der Waals surface area contributed by atoms with Gasteiger partial charge in [0.25, 0.3) is 0 Å². The number of nitrogens with two attached hydrogens (primary N) is 2. The summed E-state index contributed by atoms with van der Waals surface area (Å²) in [5.74, 6) is 5.69. The molecule has 2 unspecified atom stereocenters. The molecule has 1 spiro atoms. The lowest BCUT2D eigenvalue weighted by Crippen LogP contribution is -2.66. The molecule has 2 amide bonds. The van der Waals surface area contributed by atoms with E-state index in [4.69, 9.17) is 33.5 Å². The normalized spacial score (nSPS) is 21.3. The number of H-pyrrole nitrogens is 1. The third-order valence-corrected chi connectivity index (χ3v) is 9.89. The molecule has 43 heavy (non-hydrogen) atoms. The fraction of sp³-hybridized carbons (Fsp3) is 0.367. The largest absolute Gasteiger partial charge is 0.389 e. The van der Waals surface area contributed by atoms with Crippen LogP contribution in [0.4, 0.5) is 4.79 Å². The molecule has 220 valence electrons. The molecule has 2 atom stereocenters. The number of fused-ring (bicyclic) bond motifs is 2. The van der Waals surface area contributed by atoms with E-state index >= 15 is 0 Å². The first-order chi connectivity index (χ1) is 20.6. The minimum Gasteiger partial charge on any atom is -0.389 e. The van der Waals surface area contributed by atoms with Gasteiger partial charge in [-0.3, -0.25) is 14.5 Å². The Bertz CT molecular complexity index is 1870. The highest BCUT2D eigenvalue weighted by molar-refractivity contribution is 6.24. The maximum Gasteiger partial charge on any atom is 0.338 e. The number of aromatic amines is 1. The fourth-order valence-corrected chi connectivity index (χ4v) is 7.47. The Hall–Kier alpha value is -4.60. The maximum absolute atomic E-state index is 12.7. The molecule has 1 aliphatic heterocycles. The van der Waals surface area contributed by atoms with Crippen LogP contribution in [0.25, 0.3) is 28.2 Å². The number of nitrogens with one attached hydrogen (secondary N) is 1. The number of hydrogen-bond acceptors (Lipinski definition) is 7. The lowest BCUT2D eigenvalue weighted by Gasteiger charge is -2.59. The van der Waals surface area contributed by atoms with Crippen LogP contribution in [0.1, 0.15) is 54.2 Å². The molecule has 3 aliphatic rings. The zero-order chi connectivity index (χ0) is 30.2. The number of rotatable bonds is 4. The number of alkyl halides is 1. The Morgan fingerprint density at radius 1 is 1.28 bits per heavy atom. The predicted molar refractivity (Wildman–Crippen MR) is 162 cm³/mol. The first-order valence-electron chi connectivity index (χ1n) is 14.2. The van der Waals surface area contributed by atoms with E-state index in [1.54, 1.807) is 11.0 Å². The van der Waals surface area contributed by atoms with Crippen molar-refractivity contribution in [3.8, 4) is 17.3 Å². The summed E-state index contributed by atoms with van der Waals surface area (Å²) in [6.07, 6.45) is 8.76. The van der Waals surface area contributed by atoms with Gasteiger partial charge in [0, 0.05) is 59.2 Å². The van der Waals surface area contributed by atoms with Gasteiger partial charge in [0.15, 0.2) is 0 Å². The number of benzene rings is 1. The first kappa shape index (κ1) is 27.2. The summed E-state index contributed by atoms with van der Waals surface area (Å²) in [5, 5.41) is 27.7. The number of aryl methyl sites for hydroxylation is 1. The first-order valence-corrected chi connectivity index (χ1v) is 14.6. The van der Waals surface area contributed by atoms with Gasteiger partial charge < -0.3 is 10.6 Å². The van der Waals surface area contributed by atoms with Crippen molar-refractivity contribution in [2.45, 2.75) is 44.0 Å². The zero-order valence-electron chi connectivity index (χ0n) is 24.1. The van der Waals surface area contributed by atoms with Crippen molar-refractivity contribution in [3.63, 3.8) is 0 Å². The van der Waals surface area contributed by atoms with Crippen LogP contribution in [0.15, 0.2) is 48.1 Å². The summed E-state index contributed by atoms with van der Waals surface area (Å²) in [4.78, 5) is 14.4. The summed E-state index contributed by atoms with van der Waals surface area (Å²) in [7, 11) is 1.94. The van der Waals surface area contributed by atoms with E-state index in [1.807, 2.05) is 24.1 Å². The van der Waals surface area contributed by atoms with Gasteiger partial charge in [-0.15, -0.1) is 11.6 Å². The molecule has 1 saturated carbocycles. The smallest absolute Gasteiger partial charge is 0.338 e. The summed E-state index contributed by atoms with van der Waals surface area (Å²) in [5.41, 5.74) is 13.7. The fourth-order valence-electron chi connectivity index (χ4n) is 7.15. The van der Waals surface area contributed by atoms with Gasteiger partial charge in [0.2, 0.25) is 0 Å². The van der Waals surface area contributed by atoms with Crippen LogP contribution in [0, 0.1) is 23.7 Å². The molecule has 5 N–H and O–H groups in total. The average molecular weight is 598 g/mol. The number of carbonyl (C=O) groups is 1. The number of hydrogen-bond donors (Lipinski definition) is 3. The number of urea groups is 1. The number of halogens is 1. The molecule has 7 rings (SSSR count). The Labute approximate surface area is 253 Å². The van der Waals surface area contributed by atoms with Crippen molar-refractivity contribution in [2.75, 3.05) is 13.1 Å². The van der Waals surface area contributed by atoms with E-state index in [1.165, 1.54) is 0 Å². The SMILES string of the molecule is CC1=Cc2[nH]ncc2C(c2c(-c3ccc4c(cnn4C)c3)nn(C3CC4(C3)CN(C(=O)N(N)/C=C(\N)C#N)C4)c2C)C1Cl. The Balaban J connectivity index is 1.21. The van der Waals surface area contributed by atoms with Crippen LogP contribution in [-0.2, 0) is 7.05 Å². The molecule has 13 heteroatoms. The third-order valence-electron chi connectivity index (χ3n) is 9.30. The standard InChI is InChI=1S/C30H32ClN11O/c1-16-6-23-22(12-35-37-23)26(27(16)31)25-17(2)42(38-28(25)18-4-5-24-19(7-18)11-36-39(24)3)21-8-30(9-21)14-40(15-30)29(43)41(34)13-20(33)10-32/h4-7,11-13,21,26-27H,8-9,14-15,33-34H2,1-3H3,(H,35,37)/b20-13-. The van der Waals surface area contributed by atoms with Gasteiger partial charge in [-0.25, -0.2) is 15.6 Å². The molecule has 4 heterocycles. The molecule has 2 aliphatic carbocycles.